The maximum Gasteiger partial charge on any atom is 0.320 e. The van der Waals surface area contributed by atoms with E-state index in [0.29, 0.717) is 17.9 Å². The van der Waals surface area contributed by atoms with Crippen molar-refractivity contribution >= 4 is 52.1 Å². The van der Waals surface area contributed by atoms with Gasteiger partial charge in [-0.05, 0) is 109 Å². The minimum absolute atomic E-state index is 0.0549. The van der Waals surface area contributed by atoms with Gasteiger partial charge in [-0.1, -0.05) is 32.9 Å². The van der Waals surface area contributed by atoms with Crippen LogP contribution in [0.1, 0.15) is 87.1 Å². The van der Waals surface area contributed by atoms with Crippen molar-refractivity contribution in [3.05, 3.63) is 29.8 Å². The molecule has 1 N–H and O–H groups in total. The van der Waals surface area contributed by atoms with Gasteiger partial charge in [0.15, 0.2) is 22.3 Å². The Morgan fingerprint density at radius 2 is 1.48 bits per heavy atom. The summed E-state index contributed by atoms with van der Waals surface area (Å²) < 4.78 is 62.4. The van der Waals surface area contributed by atoms with Crippen LogP contribution in [0.25, 0.3) is 0 Å². The van der Waals surface area contributed by atoms with Crippen LogP contribution in [-0.4, -0.2) is 152 Å². The van der Waals surface area contributed by atoms with Crippen LogP contribution < -0.4 is 4.74 Å². The highest BCUT2D eigenvalue weighted by molar-refractivity contribution is 14.1. The van der Waals surface area contributed by atoms with E-state index in [0.717, 1.165) is 5.56 Å². The molecule has 4 heterocycles. The first kappa shape index (κ1) is 53.3. The molecule has 364 valence electrons. The number of carbonyl (C=O) groups excluding carboxylic acids is 3. The van der Waals surface area contributed by atoms with Crippen molar-refractivity contribution in [1.82, 2.24) is 4.90 Å². The van der Waals surface area contributed by atoms with Crippen LogP contribution in [0.2, 0.25) is 0 Å². The van der Waals surface area contributed by atoms with Crippen LogP contribution in [0.4, 0.5) is 0 Å². The number of ketones is 1. The summed E-state index contributed by atoms with van der Waals surface area (Å²) in [6.45, 7) is 16.6. The first-order valence-corrected chi connectivity index (χ1v) is 24.7. The molecule has 4 fully saturated rings. The molecule has 0 aliphatic carbocycles. The summed E-state index contributed by atoms with van der Waals surface area (Å²) in [6.07, 6.45) is -4.91. The monoisotopic (exact) mass is 1040 g/mol. The molecule has 4 aliphatic heterocycles. The second-order valence-corrected chi connectivity index (χ2v) is 21.6. The number of hydrogen-bond donors (Lipinski definition) is 1. The zero-order chi connectivity index (χ0) is 47.6. The van der Waals surface area contributed by atoms with Crippen molar-refractivity contribution in [2.45, 2.75) is 169 Å². The Morgan fingerprint density at radius 1 is 0.844 bits per heavy atom. The maximum absolute atomic E-state index is 15.0. The Hall–Kier alpha value is -1.65. The van der Waals surface area contributed by atoms with E-state index in [1.165, 1.54) is 18.9 Å². The van der Waals surface area contributed by atoms with Gasteiger partial charge in [0.1, 0.15) is 29.0 Å². The molecule has 1 unspecified atom stereocenters. The van der Waals surface area contributed by atoms with Crippen LogP contribution in [0.3, 0.4) is 0 Å². The van der Waals surface area contributed by atoms with Crippen LogP contribution in [0, 0.1) is 29.6 Å². The van der Waals surface area contributed by atoms with Gasteiger partial charge in [0.25, 0.3) is 0 Å². The number of aliphatic hydroxyl groups excluding tert-OH is 1. The molecule has 1 aromatic rings. The van der Waals surface area contributed by atoms with Gasteiger partial charge in [-0.2, -0.15) is 0 Å². The first-order chi connectivity index (χ1) is 30.0. The number of alkyl halides is 1. The summed E-state index contributed by atoms with van der Waals surface area (Å²) in [7, 11) is 10.3. The predicted molar refractivity (Wildman–Crippen MR) is 249 cm³/mol. The lowest BCUT2D eigenvalue weighted by Crippen LogP contribution is -2.61. The normalized spacial score (nSPS) is 43.9. The number of esters is 2. The van der Waals surface area contributed by atoms with Crippen molar-refractivity contribution in [1.29, 1.82) is 0 Å². The number of carbonyl (C=O) groups is 3. The molecule has 19 atom stereocenters. The largest absolute Gasteiger partial charge is 0.497 e. The molecule has 1 aromatic carbocycles. The number of thioether (sulfide) groups is 1. The molecule has 4 saturated heterocycles. The molecule has 0 aromatic heterocycles. The lowest BCUT2D eigenvalue weighted by Gasteiger charge is -2.50. The van der Waals surface area contributed by atoms with Gasteiger partial charge in [0.2, 0.25) is 0 Å². The Morgan fingerprint density at radius 3 is 2.06 bits per heavy atom. The summed E-state index contributed by atoms with van der Waals surface area (Å²) in [5.41, 5.74) is -2.64. The molecule has 64 heavy (non-hydrogen) atoms. The smallest absolute Gasteiger partial charge is 0.320 e. The second kappa shape index (κ2) is 21.8. The van der Waals surface area contributed by atoms with Crippen molar-refractivity contribution in [3.63, 3.8) is 0 Å². The van der Waals surface area contributed by atoms with Gasteiger partial charge < -0.3 is 57.4 Å². The average Bonchev–Trinajstić information content (AvgIpc) is 3.53. The summed E-state index contributed by atoms with van der Waals surface area (Å²) in [6, 6.07) is 7.55. The number of nitrogens with zero attached hydrogens (tertiary/aromatic N) is 1. The fraction of sp³-hybridized carbons (Fsp3) is 0.809. The quantitative estimate of drug-likeness (QED) is 0.143. The van der Waals surface area contributed by atoms with E-state index in [-0.39, 0.29) is 30.8 Å². The third kappa shape index (κ3) is 11.1. The molecule has 0 saturated carbocycles. The number of rotatable bonds is 12. The minimum Gasteiger partial charge on any atom is -0.497 e. The van der Waals surface area contributed by atoms with Crippen LogP contribution >= 0.6 is 34.4 Å². The molecule has 17 heteroatoms. The van der Waals surface area contributed by atoms with Crippen LogP contribution in [0.15, 0.2) is 24.3 Å². The number of cyclic esters (lactones) is 1. The van der Waals surface area contributed by atoms with E-state index < -0.39 is 111 Å². The van der Waals surface area contributed by atoms with E-state index in [2.05, 4.69) is 4.90 Å². The van der Waals surface area contributed by atoms with Crippen molar-refractivity contribution in [2.24, 2.45) is 29.6 Å². The number of ether oxygens (including phenoxy) is 10. The molecular weight excluding hydrogens is 961 g/mol. The number of methoxy groups -OCH3 is 4. The molecular formula is C47H74INO14S. The third-order valence-corrected chi connectivity index (χ3v) is 17.3. The topological polar surface area (TPSA) is 167 Å². The number of halogens is 1. The Kier molecular flexibility index (Phi) is 18.1. The fourth-order valence-electron chi connectivity index (χ4n) is 10.4. The van der Waals surface area contributed by atoms with Gasteiger partial charge in [-0.25, -0.2) is 0 Å². The Balaban J connectivity index is 1.61. The van der Waals surface area contributed by atoms with E-state index in [1.54, 1.807) is 49.0 Å². The van der Waals surface area contributed by atoms with E-state index in [9.17, 15) is 14.7 Å². The first-order valence-electron chi connectivity index (χ1n) is 22.4. The van der Waals surface area contributed by atoms with Gasteiger partial charge in [-0.15, -0.1) is 11.8 Å². The maximum atomic E-state index is 15.0. The highest BCUT2D eigenvalue weighted by atomic mass is 127. The van der Waals surface area contributed by atoms with Crippen molar-refractivity contribution in [3.8, 4) is 5.75 Å². The second-order valence-electron chi connectivity index (χ2n) is 19.3. The van der Waals surface area contributed by atoms with Gasteiger partial charge >= 0.3 is 11.9 Å². The predicted octanol–water partition coefficient (Wildman–Crippen LogP) is 6.21. The van der Waals surface area contributed by atoms with E-state index >= 15 is 4.79 Å². The number of hydrogen-bond acceptors (Lipinski definition) is 16. The number of likely N-dealkylation sites (N-methyl/N-ethyl adjacent to an activating group) is 1. The molecule has 15 nitrogen and oxygen atoms in total. The van der Waals surface area contributed by atoms with Gasteiger partial charge in [-0.3, -0.25) is 14.4 Å². The zero-order valence-electron chi connectivity index (χ0n) is 40.4. The van der Waals surface area contributed by atoms with E-state index in [1.807, 2.05) is 95.6 Å². The number of fused-ring (bicyclic) bond motifs is 1. The average molecular weight is 1040 g/mol. The summed E-state index contributed by atoms with van der Waals surface area (Å²) in [5.74, 6) is -3.63. The van der Waals surface area contributed by atoms with Gasteiger partial charge in [0, 0.05) is 63.2 Å². The van der Waals surface area contributed by atoms with Crippen molar-refractivity contribution < 1.29 is 66.9 Å². The van der Waals surface area contributed by atoms with E-state index in [4.69, 9.17) is 47.4 Å². The van der Waals surface area contributed by atoms with Crippen molar-refractivity contribution in [2.75, 3.05) is 42.5 Å². The molecule has 5 rings (SSSR count). The Bertz CT molecular complexity index is 1740. The summed E-state index contributed by atoms with van der Waals surface area (Å²) in [4.78, 5) is 45.9. The molecule has 4 aliphatic rings. The number of aliphatic hydroxyl groups is 1. The number of benzene rings is 1. The highest BCUT2D eigenvalue weighted by Crippen LogP contribution is 2.50. The molecule has 0 bridgehead atoms. The molecule has 0 amide bonds. The lowest BCUT2D eigenvalue weighted by molar-refractivity contribution is -0.320. The molecule has 0 radical (unpaired) electrons. The SMILES string of the molecule is COc1ccc(CSC2C(=O)O[C@@]3(C)[C@H]2[C@@H](C)C(=O)[C@H](C)C[C@@](C)(OC)[C@H](O[C@@H]2O[C@H](C)C[C@H](N(C)C)[C@H]2OC)[C@@H](C)[C@H](O[C@H]2C[C@@](C)(OC)[C@@H](O)[C@H](C)O2)[C@@H](C)C(=O)O[C@@H]3I)cc1. The highest BCUT2D eigenvalue weighted by Gasteiger charge is 2.62. The number of Topliss-reactive ketones (excluding diaryl/α,β-unsaturated/α-hetero) is 1. The zero-order valence-corrected chi connectivity index (χ0v) is 43.3. The third-order valence-electron chi connectivity index (χ3n) is 14.5. The summed E-state index contributed by atoms with van der Waals surface area (Å²) in [5, 5.41) is 10.4. The van der Waals surface area contributed by atoms with Crippen LogP contribution in [-0.2, 0) is 62.8 Å². The standard InChI is InChI=1S/C47H74INO14S/c1-24-21-46(8,57-15)40(61-43-37(55-13)32(49(10)11)20-25(2)58-43)27(4)36(60-33-22-45(7,56-14)39(51)29(6)59-33)28(5)41(52)62-44(48)47(9)34(26(3)35(24)50)38(42(53)63-47)64-23-30-16-18-31(54-12)19-17-30/h16-19,24-29,32-34,36-40,43-44,51H,20-23H2,1-15H3/t24-,25-,26-,27+,28-,29+,32+,33+,34+,36+,37-,38?,39+,40-,43+,44+,45-,46-,47+/m1/s1. The Labute approximate surface area is 398 Å². The van der Waals surface area contributed by atoms with Crippen LogP contribution in [0.5, 0.6) is 5.75 Å². The fourth-order valence-corrected chi connectivity index (χ4v) is 12.7. The lowest BCUT2D eigenvalue weighted by atomic mass is 9.72. The van der Waals surface area contributed by atoms with Gasteiger partial charge in [0.05, 0.1) is 48.6 Å². The molecule has 0 spiro atoms. The summed E-state index contributed by atoms with van der Waals surface area (Å²) >= 11 is 3.43. The minimum atomic E-state index is -1.38.